The summed E-state index contributed by atoms with van der Waals surface area (Å²) < 4.78 is 5.90. The predicted octanol–water partition coefficient (Wildman–Crippen LogP) is 5.08. The number of carboxylic acids is 1. The van der Waals surface area contributed by atoms with Gasteiger partial charge in [0.1, 0.15) is 17.8 Å². The smallest absolute Gasteiger partial charge is 0.326 e. The molecule has 9 nitrogen and oxygen atoms in total. The monoisotopic (exact) mass is 593 g/mol. The summed E-state index contributed by atoms with van der Waals surface area (Å²) in [5.74, 6) is -1.91. The first kappa shape index (κ1) is 33.6. The zero-order chi connectivity index (χ0) is 31.0. The summed E-state index contributed by atoms with van der Waals surface area (Å²) in [6.07, 6.45) is 9.70. The number of hydrogen-bond acceptors (Lipinski definition) is 5. The van der Waals surface area contributed by atoms with E-state index >= 15 is 0 Å². The van der Waals surface area contributed by atoms with Crippen LogP contribution in [0.1, 0.15) is 86.6 Å². The van der Waals surface area contributed by atoms with E-state index in [0.29, 0.717) is 25.3 Å². The number of carbonyl (C=O) groups excluding carboxylic acids is 3. The highest BCUT2D eigenvalue weighted by atomic mass is 16.5. The molecule has 0 aromatic heterocycles. The molecule has 1 heterocycles. The van der Waals surface area contributed by atoms with Crippen molar-refractivity contribution in [1.82, 2.24) is 15.1 Å². The molecule has 0 radical (unpaired) electrons. The summed E-state index contributed by atoms with van der Waals surface area (Å²) in [6.45, 7) is 1.09. The molecule has 1 aliphatic heterocycles. The van der Waals surface area contributed by atoms with Crippen LogP contribution < -0.4 is 10.1 Å². The van der Waals surface area contributed by atoms with Gasteiger partial charge < -0.3 is 25.0 Å². The maximum atomic E-state index is 13.6. The Labute approximate surface area is 255 Å². The van der Waals surface area contributed by atoms with Gasteiger partial charge in [-0.25, -0.2) is 4.79 Å². The van der Waals surface area contributed by atoms with Crippen LogP contribution in [0, 0.1) is 0 Å². The molecule has 0 fully saturated rings. The molecule has 2 aromatic carbocycles. The third-order valence-electron chi connectivity index (χ3n) is 8.07. The van der Waals surface area contributed by atoms with Crippen LogP contribution in [0.15, 0.2) is 54.6 Å². The van der Waals surface area contributed by atoms with Gasteiger partial charge in [-0.05, 0) is 37.0 Å². The van der Waals surface area contributed by atoms with Gasteiger partial charge in [0.2, 0.25) is 11.8 Å². The van der Waals surface area contributed by atoms with E-state index in [4.69, 9.17) is 4.74 Å². The molecule has 3 rings (SSSR count). The Morgan fingerprint density at radius 2 is 1.47 bits per heavy atom. The lowest BCUT2D eigenvalue weighted by molar-refractivity contribution is -0.144. The number of para-hydroxylation sites is 1. The zero-order valence-corrected chi connectivity index (χ0v) is 25.6. The number of hydrogen-bond donors (Lipinski definition) is 2. The van der Waals surface area contributed by atoms with Gasteiger partial charge in [0.05, 0.1) is 12.2 Å². The molecular formula is C34H47N3O6. The van der Waals surface area contributed by atoms with Gasteiger partial charge in [0.15, 0.2) is 0 Å². The van der Waals surface area contributed by atoms with Crippen LogP contribution >= 0.6 is 0 Å². The van der Waals surface area contributed by atoms with E-state index in [1.165, 1.54) is 17.7 Å². The topological polar surface area (TPSA) is 116 Å². The van der Waals surface area contributed by atoms with Crippen molar-refractivity contribution in [1.29, 1.82) is 0 Å². The van der Waals surface area contributed by atoms with Crippen molar-refractivity contribution in [3.05, 3.63) is 65.7 Å². The molecule has 2 aromatic rings. The summed E-state index contributed by atoms with van der Waals surface area (Å²) in [7, 11) is 3.37. The molecule has 1 aliphatic rings. The molecule has 0 saturated carbocycles. The van der Waals surface area contributed by atoms with Crippen molar-refractivity contribution in [2.45, 2.75) is 89.1 Å². The second-order valence-corrected chi connectivity index (χ2v) is 11.4. The minimum atomic E-state index is -1.28. The molecule has 0 aliphatic carbocycles. The second kappa shape index (κ2) is 17.9. The molecular weight excluding hydrogens is 546 g/mol. The summed E-state index contributed by atoms with van der Waals surface area (Å²) >= 11 is 0. The van der Waals surface area contributed by atoms with Crippen LogP contribution in [-0.4, -0.2) is 77.9 Å². The molecule has 234 valence electrons. The van der Waals surface area contributed by atoms with Crippen molar-refractivity contribution in [2.24, 2.45) is 0 Å². The Bertz CT molecular complexity index is 1190. The minimum absolute atomic E-state index is 0.116. The quantitative estimate of drug-likeness (QED) is 0.513. The fourth-order valence-electron chi connectivity index (χ4n) is 5.35. The first-order valence-corrected chi connectivity index (χ1v) is 15.6. The van der Waals surface area contributed by atoms with Crippen molar-refractivity contribution >= 4 is 23.7 Å². The third-order valence-corrected chi connectivity index (χ3v) is 8.07. The number of fused-ring (bicyclic) bond motifs is 1. The number of nitrogens with zero attached hydrogens (tertiary/aromatic N) is 2. The number of amides is 3. The van der Waals surface area contributed by atoms with E-state index in [2.05, 4.69) is 5.32 Å². The van der Waals surface area contributed by atoms with Crippen LogP contribution in [0.4, 0.5) is 0 Å². The Hall–Kier alpha value is -3.88. The van der Waals surface area contributed by atoms with Gasteiger partial charge in [0.25, 0.3) is 5.91 Å². The standard InChI is InChI=1S/C34H47N3O6/c1-36-23-15-8-6-4-3-5-7-9-16-24-43-30-20-14-13-19-27(30)32(39)35-28(34(41)42)21-22-31(38)37(2)29(33(36)40)25-26-17-11-10-12-18-26/h10-14,17-20,28-29H,3-9,15-16,21-25H2,1-2H3,(H,35,39)(H,41,42)/t28-,29-/m0/s1. The van der Waals surface area contributed by atoms with Crippen molar-refractivity contribution in [3.63, 3.8) is 0 Å². The lowest BCUT2D eigenvalue weighted by Gasteiger charge is -2.31. The zero-order valence-electron chi connectivity index (χ0n) is 25.6. The normalized spacial score (nSPS) is 21.2. The highest BCUT2D eigenvalue weighted by Crippen LogP contribution is 2.20. The number of carboxylic acid groups (broad SMARTS) is 1. The number of rotatable bonds is 3. The summed E-state index contributed by atoms with van der Waals surface area (Å²) in [5, 5.41) is 12.4. The Morgan fingerprint density at radius 3 is 2.14 bits per heavy atom. The fourth-order valence-corrected chi connectivity index (χ4v) is 5.35. The van der Waals surface area contributed by atoms with E-state index in [-0.39, 0.29) is 30.2 Å². The molecule has 0 saturated heterocycles. The van der Waals surface area contributed by atoms with Crippen LogP contribution in [0.25, 0.3) is 0 Å². The number of likely N-dealkylation sites (N-methyl/N-ethyl adjacent to an activating group) is 2. The average molecular weight is 594 g/mol. The van der Waals surface area contributed by atoms with Gasteiger partial charge in [0, 0.05) is 33.5 Å². The molecule has 2 N–H and O–H groups in total. The van der Waals surface area contributed by atoms with Crippen LogP contribution in [0.5, 0.6) is 5.75 Å². The first-order valence-electron chi connectivity index (χ1n) is 15.6. The maximum Gasteiger partial charge on any atom is 0.326 e. The van der Waals surface area contributed by atoms with E-state index in [9.17, 15) is 24.3 Å². The molecule has 0 unspecified atom stereocenters. The van der Waals surface area contributed by atoms with Crippen LogP contribution in [0.3, 0.4) is 0 Å². The lowest BCUT2D eigenvalue weighted by Crippen LogP contribution is -2.50. The highest BCUT2D eigenvalue weighted by Gasteiger charge is 2.31. The van der Waals surface area contributed by atoms with Crippen LogP contribution in [-0.2, 0) is 20.8 Å². The Balaban J connectivity index is 1.77. The van der Waals surface area contributed by atoms with E-state index < -0.39 is 24.0 Å². The fraction of sp³-hybridized carbons (Fsp3) is 0.529. The van der Waals surface area contributed by atoms with Gasteiger partial charge in [-0.1, -0.05) is 87.4 Å². The number of carbonyl (C=O) groups is 4. The summed E-state index contributed by atoms with van der Waals surface area (Å²) in [6, 6.07) is 14.3. The number of benzene rings is 2. The van der Waals surface area contributed by atoms with E-state index in [1.54, 1.807) is 43.3 Å². The minimum Gasteiger partial charge on any atom is -0.493 e. The van der Waals surface area contributed by atoms with Gasteiger partial charge in [-0.3, -0.25) is 14.4 Å². The molecule has 3 amide bonds. The van der Waals surface area contributed by atoms with Crippen molar-refractivity contribution < 1.29 is 29.0 Å². The van der Waals surface area contributed by atoms with Gasteiger partial charge in [-0.2, -0.15) is 0 Å². The SMILES string of the molecule is CN1CCCCCCCCCCCOc2ccccc2C(=O)N[C@H](C(=O)O)CCC(=O)N(C)[C@@H](Cc2ccccc2)C1=O. The summed E-state index contributed by atoms with van der Waals surface area (Å²) in [4.78, 5) is 55.3. The first-order chi connectivity index (χ1) is 20.8. The molecule has 0 bridgehead atoms. The largest absolute Gasteiger partial charge is 0.493 e. The van der Waals surface area contributed by atoms with Crippen LogP contribution in [0.2, 0.25) is 0 Å². The lowest BCUT2D eigenvalue weighted by atomic mass is 10.0. The van der Waals surface area contributed by atoms with Crippen molar-refractivity contribution in [2.75, 3.05) is 27.2 Å². The second-order valence-electron chi connectivity index (χ2n) is 11.4. The van der Waals surface area contributed by atoms with Gasteiger partial charge in [-0.15, -0.1) is 0 Å². The third kappa shape index (κ3) is 11.0. The molecule has 2 atom stereocenters. The van der Waals surface area contributed by atoms with Crippen molar-refractivity contribution in [3.8, 4) is 5.75 Å². The highest BCUT2D eigenvalue weighted by molar-refractivity contribution is 5.99. The molecule has 0 spiro atoms. The van der Waals surface area contributed by atoms with Gasteiger partial charge >= 0.3 is 5.97 Å². The predicted molar refractivity (Wildman–Crippen MR) is 166 cm³/mol. The van der Waals surface area contributed by atoms with E-state index in [0.717, 1.165) is 50.5 Å². The Kier molecular flexibility index (Phi) is 14.0. The average Bonchev–Trinajstić information content (AvgIpc) is 3.01. The Morgan fingerprint density at radius 1 is 0.860 bits per heavy atom. The van der Waals surface area contributed by atoms with E-state index in [1.807, 2.05) is 30.3 Å². The number of nitrogens with one attached hydrogen (secondary N) is 1. The number of ether oxygens (including phenoxy) is 1. The number of aliphatic carboxylic acids is 1. The molecule has 43 heavy (non-hydrogen) atoms. The summed E-state index contributed by atoms with van der Waals surface area (Å²) in [5.41, 5.74) is 1.18. The maximum absolute atomic E-state index is 13.6. The molecule has 9 heteroatoms.